The Kier molecular flexibility index (Phi) is 4.56. The predicted octanol–water partition coefficient (Wildman–Crippen LogP) is 4.13. The van der Waals surface area contributed by atoms with Crippen LogP contribution in [0.3, 0.4) is 0 Å². The number of pyridine rings is 1. The normalized spacial score (nSPS) is 12.2. The molecule has 0 aliphatic rings. The highest BCUT2D eigenvalue weighted by atomic mass is 14.9. The number of aromatic nitrogens is 1. The van der Waals surface area contributed by atoms with Crippen molar-refractivity contribution in [3.05, 3.63) is 59.4 Å². The largest absolute Gasteiger partial charge is 0.381 e. The van der Waals surface area contributed by atoms with Gasteiger partial charge in [-0.1, -0.05) is 29.8 Å². The average molecular weight is 254 g/mol. The maximum absolute atomic E-state index is 4.30. The van der Waals surface area contributed by atoms with Gasteiger partial charge in [-0.15, -0.1) is 0 Å². The van der Waals surface area contributed by atoms with E-state index in [1.807, 2.05) is 19.2 Å². The second-order valence-corrected chi connectivity index (χ2v) is 5.26. The Morgan fingerprint density at radius 1 is 1.16 bits per heavy atom. The van der Waals surface area contributed by atoms with Crippen molar-refractivity contribution in [2.24, 2.45) is 0 Å². The van der Waals surface area contributed by atoms with Crippen molar-refractivity contribution in [2.75, 3.05) is 5.32 Å². The summed E-state index contributed by atoms with van der Waals surface area (Å²) in [5.74, 6) is 0. The van der Waals surface area contributed by atoms with E-state index in [-0.39, 0.29) is 0 Å². The first kappa shape index (κ1) is 13.6. The first-order chi connectivity index (χ1) is 9.13. The second-order valence-electron chi connectivity index (χ2n) is 5.26. The molecule has 0 amide bonds. The van der Waals surface area contributed by atoms with Crippen molar-refractivity contribution in [3.63, 3.8) is 0 Å². The molecular formula is C17H22N2. The number of hydrogen-bond donors (Lipinski definition) is 1. The van der Waals surface area contributed by atoms with E-state index in [0.29, 0.717) is 6.04 Å². The van der Waals surface area contributed by atoms with E-state index >= 15 is 0 Å². The summed E-state index contributed by atoms with van der Waals surface area (Å²) in [6.45, 7) is 6.36. The molecule has 0 bridgehead atoms. The zero-order valence-corrected chi connectivity index (χ0v) is 12.0. The third-order valence-corrected chi connectivity index (χ3v) is 3.27. The SMILES string of the molecule is Cc1cccc(CCC(C)Nc2ccc(C)nc2)c1. The summed E-state index contributed by atoms with van der Waals surface area (Å²) in [6.07, 6.45) is 4.13. The summed E-state index contributed by atoms with van der Waals surface area (Å²) in [6, 6.07) is 13.3. The van der Waals surface area contributed by atoms with Gasteiger partial charge in [0.15, 0.2) is 0 Å². The molecular weight excluding hydrogens is 232 g/mol. The highest BCUT2D eigenvalue weighted by molar-refractivity contribution is 5.41. The lowest BCUT2D eigenvalue weighted by Crippen LogP contribution is -2.16. The highest BCUT2D eigenvalue weighted by Gasteiger charge is 2.03. The minimum Gasteiger partial charge on any atom is -0.381 e. The summed E-state index contributed by atoms with van der Waals surface area (Å²) >= 11 is 0. The Hall–Kier alpha value is -1.83. The highest BCUT2D eigenvalue weighted by Crippen LogP contribution is 2.12. The van der Waals surface area contributed by atoms with Crippen LogP contribution in [-0.4, -0.2) is 11.0 Å². The number of aryl methyl sites for hydroxylation is 3. The molecule has 1 aromatic heterocycles. The predicted molar refractivity (Wildman–Crippen MR) is 81.6 cm³/mol. The topological polar surface area (TPSA) is 24.9 Å². The molecule has 0 saturated carbocycles. The lowest BCUT2D eigenvalue weighted by atomic mass is 10.0. The number of benzene rings is 1. The van der Waals surface area contributed by atoms with Gasteiger partial charge in [0.1, 0.15) is 0 Å². The molecule has 2 aromatic rings. The van der Waals surface area contributed by atoms with E-state index in [1.165, 1.54) is 11.1 Å². The van der Waals surface area contributed by atoms with Crippen LogP contribution in [0.2, 0.25) is 0 Å². The Morgan fingerprint density at radius 2 is 2.00 bits per heavy atom. The maximum Gasteiger partial charge on any atom is 0.0528 e. The van der Waals surface area contributed by atoms with E-state index in [9.17, 15) is 0 Å². The average Bonchev–Trinajstić information content (AvgIpc) is 2.39. The fourth-order valence-corrected chi connectivity index (χ4v) is 2.16. The molecule has 0 aliphatic carbocycles. The molecule has 1 N–H and O–H groups in total. The van der Waals surface area contributed by atoms with Crippen molar-refractivity contribution in [1.82, 2.24) is 4.98 Å². The zero-order chi connectivity index (χ0) is 13.7. The van der Waals surface area contributed by atoms with Crippen LogP contribution in [0.4, 0.5) is 5.69 Å². The van der Waals surface area contributed by atoms with Crippen LogP contribution >= 0.6 is 0 Å². The second kappa shape index (κ2) is 6.37. The standard InChI is InChI=1S/C17H22N2/c1-13-5-4-6-16(11-13)9-7-15(3)19-17-10-8-14(2)18-12-17/h4-6,8,10-12,15,19H,7,9H2,1-3H3. The van der Waals surface area contributed by atoms with Gasteiger partial charge < -0.3 is 5.32 Å². The monoisotopic (exact) mass is 254 g/mol. The summed E-state index contributed by atoms with van der Waals surface area (Å²) in [5.41, 5.74) is 4.90. The van der Waals surface area contributed by atoms with Gasteiger partial charge in [-0.3, -0.25) is 4.98 Å². The minimum atomic E-state index is 0.449. The van der Waals surface area contributed by atoms with Crippen LogP contribution in [-0.2, 0) is 6.42 Å². The summed E-state index contributed by atoms with van der Waals surface area (Å²) in [7, 11) is 0. The molecule has 2 nitrogen and oxygen atoms in total. The van der Waals surface area contributed by atoms with Gasteiger partial charge in [0.25, 0.3) is 0 Å². The minimum absolute atomic E-state index is 0.449. The van der Waals surface area contributed by atoms with Gasteiger partial charge in [-0.2, -0.15) is 0 Å². The first-order valence-electron chi connectivity index (χ1n) is 6.88. The lowest BCUT2D eigenvalue weighted by Gasteiger charge is -2.15. The molecule has 0 fully saturated rings. The Bertz CT molecular complexity index is 517. The number of rotatable bonds is 5. The number of anilines is 1. The molecule has 1 unspecified atom stereocenters. The van der Waals surface area contributed by atoms with Crippen LogP contribution in [0.25, 0.3) is 0 Å². The summed E-state index contributed by atoms with van der Waals surface area (Å²) in [4.78, 5) is 4.30. The maximum atomic E-state index is 4.30. The van der Waals surface area contributed by atoms with Gasteiger partial charge in [0, 0.05) is 11.7 Å². The van der Waals surface area contributed by atoms with E-state index in [0.717, 1.165) is 24.2 Å². The Labute approximate surface area is 115 Å². The molecule has 2 rings (SSSR count). The molecule has 0 saturated heterocycles. The molecule has 0 aliphatic heterocycles. The number of nitrogens with one attached hydrogen (secondary N) is 1. The fraction of sp³-hybridized carbons (Fsp3) is 0.353. The van der Waals surface area contributed by atoms with Crippen LogP contribution in [0.1, 0.15) is 30.2 Å². The third-order valence-electron chi connectivity index (χ3n) is 3.27. The van der Waals surface area contributed by atoms with Crippen molar-refractivity contribution >= 4 is 5.69 Å². The van der Waals surface area contributed by atoms with Crippen LogP contribution < -0.4 is 5.32 Å². The Balaban J connectivity index is 1.84. The molecule has 19 heavy (non-hydrogen) atoms. The van der Waals surface area contributed by atoms with Crippen molar-refractivity contribution < 1.29 is 0 Å². The first-order valence-corrected chi connectivity index (χ1v) is 6.88. The van der Waals surface area contributed by atoms with Gasteiger partial charge in [-0.25, -0.2) is 0 Å². The summed E-state index contributed by atoms with van der Waals surface area (Å²) in [5, 5.41) is 3.49. The molecule has 1 atom stereocenters. The number of nitrogens with zero attached hydrogens (tertiary/aromatic N) is 1. The van der Waals surface area contributed by atoms with E-state index in [1.54, 1.807) is 0 Å². The number of hydrogen-bond acceptors (Lipinski definition) is 2. The van der Waals surface area contributed by atoms with Gasteiger partial charge >= 0.3 is 0 Å². The summed E-state index contributed by atoms with van der Waals surface area (Å²) < 4.78 is 0. The van der Waals surface area contributed by atoms with Gasteiger partial charge in [-0.05, 0) is 51.3 Å². The molecule has 0 spiro atoms. The quantitative estimate of drug-likeness (QED) is 0.867. The molecule has 0 radical (unpaired) electrons. The van der Waals surface area contributed by atoms with Crippen molar-refractivity contribution in [2.45, 2.75) is 39.7 Å². The van der Waals surface area contributed by atoms with E-state index in [4.69, 9.17) is 0 Å². The van der Waals surface area contributed by atoms with Crippen molar-refractivity contribution in [3.8, 4) is 0 Å². The van der Waals surface area contributed by atoms with Gasteiger partial charge in [0.2, 0.25) is 0 Å². The van der Waals surface area contributed by atoms with Crippen LogP contribution in [0, 0.1) is 13.8 Å². The van der Waals surface area contributed by atoms with E-state index in [2.05, 4.69) is 54.5 Å². The molecule has 100 valence electrons. The van der Waals surface area contributed by atoms with Gasteiger partial charge in [0.05, 0.1) is 11.9 Å². The van der Waals surface area contributed by atoms with Crippen LogP contribution in [0.5, 0.6) is 0 Å². The van der Waals surface area contributed by atoms with Crippen LogP contribution in [0.15, 0.2) is 42.6 Å². The molecule has 1 aromatic carbocycles. The lowest BCUT2D eigenvalue weighted by molar-refractivity contribution is 0.705. The van der Waals surface area contributed by atoms with E-state index < -0.39 is 0 Å². The molecule has 1 heterocycles. The smallest absolute Gasteiger partial charge is 0.0528 e. The third kappa shape index (κ3) is 4.40. The zero-order valence-electron chi connectivity index (χ0n) is 12.0. The van der Waals surface area contributed by atoms with Crippen molar-refractivity contribution in [1.29, 1.82) is 0 Å². The fourth-order valence-electron chi connectivity index (χ4n) is 2.16. The molecule has 2 heteroatoms. The Morgan fingerprint density at radius 3 is 2.68 bits per heavy atom.